The molecule has 100 valence electrons. The zero-order valence-corrected chi connectivity index (χ0v) is 11.7. The summed E-state index contributed by atoms with van der Waals surface area (Å²) in [5.41, 5.74) is 0. The maximum atomic E-state index is 12.2. The van der Waals surface area contributed by atoms with Crippen LogP contribution in [0.15, 0.2) is 0 Å². The molecule has 0 radical (unpaired) electrons. The number of piperidine rings is 1. The molecule has 0 aromatic rings. The van der Waals surface area contributed by atoms with Crippen LogP contribution >= 0.6 is 0 Å². The molecule has 3 heteroatoms. The highest BCUT2D eigenvalue weighted by Crippen LogP contribution is 2.15. The summed E-state index contributed by atoms with van der Waals surface area (Å²) in [4.78, 5) is 14.3. The van der Waals surface area contributed by atoms with E-state index in [1.807, 2.05) is 0 Å². The average Bonchev–Trinajstić information content (AvgIpc) is 2.36. The van der Waals surface area contributed by atoms with Gasteiger partial charge >= 0.3 is 0 Å². The first kappa shape index (κ1) is 14.5. The zero-order chi connectivity index (χ0) is 12.7. The van der Waals surface area contributed by atoms with Crippen LogP contribution in [-0.4, -0.2) is 36.5 Å². The molecule has 1 heterocycles. The van der Waals surface area contributed by atoms with Crippen molar-refractivity contribution in [3.05, 3.63) is 0 Å². The van der Waals surface area contributed by atoms with Crippen molar-refractivity contribution in [3.8, 4) is 0 Å². The predicted molar refractivity (Wildman–Crippen MR) is 72.0 cm³/mol. The molecule has 0 aromatic carbocycles. The minimum atomic E-state index is 0.199. The van der Waals surface area contributed by atoms with E-state index in [0.29, 0.717) is 11.9 Å². The summed E-state index contributed by atoms with van der Waals surface area (Å²) in [6.45, 7) is 9.32. The Bertz CT molecular complexity index is 230. The smallest absolute Gasteiger partial charge is 0.225 e. The molecule has 2 unspecified atom stereocenters. The highest BCUT2D eigenvalue weighted by molar-refractivity contribution is 5.78. The molecule has 1 amide bonds. The van der Waals surface area contributed by atoms with Gasteiger partial charge in [-0.25, -0.2) is 0 Å². The van der Waals surface area contributed by atoms with Crippen LogP contribution in [0.4, 0.5) is 0 Å². The second-order valence-electron chi connectivity index (χ2n) is 5.27. The van der Waals surface area contributed by atoms with Crippen molar-refractivity contribution in [2.75, 3.05) is 19.6 Å². The minimum Gasteiger partial charge on any atom is -0.341 e. The first-order valence-corrected chi connectivity index (χ1v) is 7.21. The lowest BCUT2D eigenvalue weighted by Gasteiger charge is -2.34. The monoisotopic (exact) mass is 240 g/mol. The van der Waals surface area contributed by atoms with Gasteiger partial charge < -0.3 is 10.2 Å². The fourth-order valence-corrected chi connectivity index (χ4v) is 2.56. The Morgan fingerprint density at radius 3 is 2.82 bits per heavy atom. The highest BCUT2D eigenvalue weighted by Gasteiger charge is 2.25. The minimum absolute atomic E-state index is 0.199. The van der Waals surface area contributed by atoms with Crippen LogP contribution in [0.25, 0.3) is 0 Å². The van der Waals surface area contributed by atoms with Crippen molar-refractivity contribution in [1.29, 1.82) is 0 Å². The van der Waals surface area contributed by atoms with Crippen molar-refractivity contribution < 1.29 is 4.79 Å². The molecule has 2 atom stereocenters. The summed E-state index contributed by atoms with van der Waals surface area (Å²) in [7, 11) is 0. The van der Waals surface area contributed by atoms with Gasteiger partial charge in [0.05, 0.1) is 0 Å². The fourth-order valence-electron chi connectivity index (χ4n) is 2.56. The first-order chi connectivity index (χ1) is 8.19. The molecule has 0 saturated carbocycles. The van der Waals surface area contributed by atoms with E-state index in [-0.39, 0.29) is 5.92 Å². The SMILES string of the molecule is CCCNC1CCCN(C(=O)C(C)CCC)C1. The van der Waals surface area contributed by atoms with E-state index in [9.17, 15) is 4.79 Å². The number of carbonyl (C=O) groups is 1. The van der Waals surface area contributed by atoms with Crippen LogP contribution in [0.3, 0.4) is 0 Å². The third kappa shape index (κ3) is 4.66. The van der Waals surface area contributed by atoms with E-state index in [1.165, 1.54) is 6.42 Å². The van der Waals surface area contributed by atoms with Gasteiger partial charge in [-0.1, -0.05) is 27.2 Å². The lowest BCUT2D eigenvalue weighted by atomic mass is 10.0. The number of nitrogens with one attached hydrogen (secondary N) is 1. The van der Waals surface area contributed by atoms with Gasteiger partial charge in [0.25, 0.3) is 0 Å². The van der Waals surface area contributed by atoms with Crippen molar-refractivity contribution in [3.63, 3.8) is 0 Å². The number of likely N-dealkylation sites (tertiary alicyclic amines) is 1. The van der Waals surface area contributed by atoms with E-state index < -0.39 is 0 Å². The van der Waals surface area contributed by atoms with Crippen LogP contribution < -0.4 is 5.32 Å². The molecular formula is C14H28N2O. The third-order valence-electron chi connectivity index (χ3n) is 3.56. The quantitative estimate of drug-likeness (QED) is 0.773. The van der Waals surface area contributed by atoms with Crippen LogP contribution in [-0.2, 0) is 4.79 Å². The lowest BCUT2D eigenvalue weighted by molar-refractivity contribution is -0.136. The Labute approximate surface area is 106 Å². The molecule has 17 heavy (non-hydrogen) atoms. The molecule has 0 aliphatic carbocycles. The summed E-state index contributed by atoms with van der Waals surface area (Å²) < 4.78 is 0. The average molecular weight is 240 g/mol. The van der Waals surface area contributed by atoms with E-state index in [1.54, 1.807) is 0 Å². The number of hydrogen-bond donors (Lipinski definition) is 1. The van der Waals surface area contributed by atoms with Gasteiger partial charge in [-0.2, -0.15) is 0 Å². The Balaban J connectivity index is 2.39. The molecule has 0 spiro atoms. The van der Waals surface area contributed by atoms with Gasteiger partial charge in [-0.05, 0) is 32.2 Å². The first-order valence-electron chi connectivity index (χ1n) is 7.21. The molecule has 1 fully saturated rings. The molecule has 3 nitrogen and oxygen atoms in total. The van der Waals surface area contributed by atoms with Crippen LogP contribution in [0, 0.1) is 5.92 Å². The van der Waals surface area contributed by atoms with E-state index in [0.717, 1.165) is 45.3 Å². The van der Waals surface area contributed by atoms with E-state index in [4.69, 9.17) is 0 Å². The Hall–Kier alpha value is -0.570. The summed E-state index contributed by atoms with van der Waals surface area (Å²) in [6.07, 6.45) is 5.63. The predicted octanol–water partition coefficient (Wildman–Crippen LogP) is 2.41. The number of hydrogen-bond acceptors (Lipinski definition) is 2. The normalized spacial score (nSPS) is 22.5. The van der Waals surface area contributed by atoms with Gasteiger partial charge in [0.2, 0.25) is 5.91 Å². The Kier molecular flexibility index (Phi) is 6.56. The van der Waals surface area contributed by atoms with Crippen LogP contribution in [0.2, 0.25) is 0 Å². The summed E-state index contributed by atoms with van der Waals surface area (Å²) in [5, 5.41) is 3.53. The zero-order valence-electron chi connectivity index (χ0n) is 11.7. The lowest BCUT2D eigenvalue weighted by Crippen LogP contribution is -2.49. The highest BCUT2D eigenvalue weighted by atomic mass is 16.2. The van der Waals surface area contributed by atoms with Gasteiger partial charge in [0.15, 0.2) is 0 Å². The molecular weight excluding hydrogens is 212 g/mol. The number of nitrogens with zero attached hydrogens (tertiary/aromatic N) is 1. The molecule has 1 saturated heterocycles. The topological polar surface area (TPSA) is 32.3 Å². The van der Waals surface area contributed by atoms with Crippen molar-refractivity contribution in [2.24, 2.45) is 5.92 Å². The van der Waals surface area contributed by atoms with Crippen LogP contribution in [0.1, 0.15) is 52.9 Å². The molecule has 0 aromatic heterocycles. The summed E-state index contributed by atoms with van der Waals surface area (Å²) in [6, 6.07) is 0.515. The molecule has 1 aliphatic heterocycles. The van der Waals surface area contributed by atoms with Crippen molar-refractivity contribution in [2.45, 2.75) is 58.9 Å². The summed E-state index contributed by atoms with van der Waals surface area (Å²) >= 11 is 0. The van der Waals surface area contributed by atoms with Gasteiger partial charge in [-0.3, -0.25) is 4.79 Å². The van der Waals surface area contributed by atoms with E-state index >= 15 is 0 Å². The van der Waals surface area contributed by atoms with Gasteiger partial charge in [0, 0.05) is 25.0 Å². The molecule has 1 N–H and O–H groups in total. The molecule has 1 aliphatic rings. The summed E-state index contributed by atoms with van der Waals surface area (Å²) in [5.74, 6) is 0.555. The third-order valence-corrected chi connectivity index (χ3v) is 3.56. The second-order valence-corrected chi connectivity index (χ2v) is 5.27. The van der Waals surface area contributed by atoms with Crippen LogP contribution in [0.5, 0.6) is 0 Å². The number of carbonyl (C=O) groups excluding carboxylic acids is 1. The number of rotatable bonds is 6. The van der Waals surface area contributed by atoms with E-state index in [2.05, 4.69) is 31.0 Å². The molecule has 1 rings (SSSR count). The standard InChI is InChI=1S/C14H28N2O/c1-4-7-12(3)14(17)16-10-6-8-13(11-16)15-9-5-2/h12-13,15H,4-11H2,1-3H3. The fraction of sp³-hybridized carbons (Fsp3) is 0.929. The Morgan fingerprint density at radius 2 is 2.18 bits per heavy atom. The maximum absolute atomic E-state index is 12.2. The van der Waals surface area contributed by atoms with Gasteiger partial charge in [0.1, 0.15) is 0 Å². The molecule has 0 bridgehead atoms. The Morgan fingerprint density at radius 1 is 1.41 bits per heavy atom. The maximum Gasteiger partial charge on any atom is 0.225 e. The number of amides is 1. The van der Waals surface area contributed by atoms with Gasteiger partial charge in [-0.15, -0.1) is 0 Å². The van der Waals surface area contributed by atoms with Crippen molar-refractivity contribution >= 4 is 5.91 Å². The largest absolute Gasteiger partial charge is 0.341 e. The second kappa shape index (κ2) is 7.70. The van der Waals surface area contributed by atoms with Crippen molar-refractivity contribution in [1.82, 2.24) is 10.2 Å².